The molecule has 0 unspecified atom stereocenters. The fraction of sp³-hybridized carbons (Fsp3) is 0.200. The second-order valence-electron chi connectivity index (χ2n) is 4.67. The number of nitrogens with one attached hydrogen (secondary N) is 1. The van der Waals surface area contributed by atoms with Gasteiger partial charge in [-0.1, -0.05) is 6.07 Å². The molecule has 0 saturated heterocycles. The minimum Gasteiger partial charge on any atom is -0.438 e. The summed E-state index contributed by atoms with van der Waals surface area (Å²) < 4.78 is 5.97. The van der Waals surface area contributed by atoms with Crippen molar-refractivity contribution in [2.24, 2.45) is 0 Å². The SMILES string of the molecule is CNc1nc(Oc2cc(C)cc(C)c2)c2ccsc2n1. The van der Waals surface area contributed by atoms with E-state index in [9.17, 15) is 0 Å². The molecule has 102 valence electrons. The molecule has 0 bridgehead atoms. The first-order chi connectivity index (χ1) is 9.65. The summed E-state index contributed by atoms with van der Waals surface area (Å²) in [7, 11) is 1.80. The van der Waals surface area contributed by atoms with Crippen molar-refractivity contribution in [3.8, 4) is 11.6 Å². The van der Waals surface area contributed by atoms with E-state index in [0.29, 0.717) is 11.8 Å². The van der Waals surface area contributed by atoms with Gasteiger partial charge in [-0.2, -0.15) is 4.98 Å². The summed E-state index contributed by atoms with van der Waals surface area (Å²) in [5, 5.41) is 5.89. The summed E-state index contributed by atoms with van der Waals surface area (Å²) in [6, 6.07) is 8.11. The smallest absolute Gasteiger partial charge is 0.232 e. The first-order valence-corrected chi connectivity index (χ1v) is 7.23. The Kier molecular flexibility index (Phi) is 3.28. The Labute approximate surface area is 121 Å². The van der Waals surface area contributed by atoms with Crippen LogP contribution in [0.2, 0.25) is 0 Å². The second-order valence-corrected chi connectivity index (χ2v) is 5.56. The Hall–Kier alpha value is -2.14. The number of thiophene rings is 1. The van der Waals surface area contributed by atoms with E-state index in [2.05, 4.69) is 35.2 Å². The highest BCUT2D eigenvalue weighted by atomic mass is 32.1. The van der Waals surface area contributed by atoms with Crippen LogP contribution in [0.1, 0.15) is 11.1 Å². The number of fused-ring (bicyclic) bond motifs is 1. The topological polar surface area (TPSA) is 47.0 Å². The van der Waals surface area contributed by atoms with Crippen LogP contribution >= 0.6 is 11.3 Å². The van der Waals surface area contributed by atoms with Crippen LogP contribution in [-0.4, -0.2) is 17.0 Å². The summed E-state index contributed by atoms with van der Waals surface area (Å²) >= 11 is 1.58. The summed E-state index contributed by atoms with van der Waals surface area (Å²) in [5.74, 6) is 1.96. The molecule has 0 spiro atoms. The maximum absolute atomic E-state index is 5.97. The lowest BCUT2D eigenvalue weighted by Gasteiger charge is -2.09. The standard InChI is InChI=1S/C15H15N3OS/c1-9-6-10(2)8-11(7-9)19-13-12-4-5-20-14(12)18-15(16-3)17-13/h4-8H,1-3H3,(H,16,17,18). The number of rotatable bonds is 3. The Morgan fingerprint density at radius 2 is 1.85 bits per heavy atom. The van der Waals surface area contributed by atoms with Crippen molar-refractivity contribution in [1.82, 2.24) is 9.97 Å². The summed E-state index contributed by atoms with van der Waals surface area (Å²) in [4.78, 5) is 9.74. The third-order valence-corrected chi connectivity index (χ3v) is 3.73. The molecule has 1 N–H and O–H groups in total. The number of ether oxygens (including phenoxy) is 1. The first-order valence-electron chi connectivity index (χ1n) is 6.35. The van der Waals surface area contributed by atoms with Gasteiger partial charge in [0.2, 0.25) is 11.8 Å². The number of nitrogens with zero attached hydrogens (tertiary/aromatic N) is 2. The van der Waals surface area contributed by atoms with Crippen LogP contribution in [0.15, 0.2) is 29.6 Å². The number of benzene rings is 1. The number of aromatic nitrogens is 2. The summed E-state index contributed by atoms with van der Waals surface area (Å²) in [6.07, 6.45) is 0. The first kappa shape index (κ1) is 12.9. The highest BCUT2D eigenvalue weighted by Crippen LogP contribution is 2.31. The van der Waals surface area contributed by atoms with E-state index in [0.717, 1.165) is 16.0 Å². The average molecular weight is 285 g/mol. The van der Waals surface area contributed by atoms with Gasteiger partial charge in [0, 0.05) is 7.05 Å². The molecule has 0 fully saturated rings. The molecule has 3 aromatic rings. The van der Waals surface area contributed by atoms with Crippen LogP contribution in [0, 0.1) is 13.8 Å². The molecule has 4 nitrogen and oxygen atoms in total. The van der Waals surface area contributed by atoms with Crippen molar-refractivity contribution in [3.05, 3.63) is 40.8 Å². The third-order valence-electron chi connectivity index (χ3n) is 2.92. The molecule has 0 aliphatic carbocycles. The summed E-state index contributed by atoms with van der Waals surface area (Å²) in [6.45, 7) is 4.11. The van der Waals surface area contributed by atoms with E-state index in [4.69, 9.17) is 4.74 Å². The average Bonchev–Trinajstić information content (AvgIpc) is 2.85. The molecular weight excluding hydrogens is 270 g/mol. The largest absolute Gasteiger partial charge is 0.438 e. The zero-order chi connectivity index (χ0) is 14.1. The molecule has 0 aliphatic rings. The molecule has 2 heterocycles. The lowest BCUT2D eigenvalue weighted by molar-refractivity contribution is 0.468. The van der Waals surface area contributed by atoms with Crippen molar-refractivity contribution in [3.63, 3.8) is 0 Å². The van der Waals surface area contributed by atoms with Crippen LogP contribution in [0.25, 0.3) is 10.2 Å². The lowest BCUT2D eigenvalue weighted by Crippen LogP contribution is -1.98. The van der Waals surface area contributed by atoms with E-state index in [1.54, 1.807) is 18.4 Å². The molecule has 0 radical (unpaired) electrons. The number of hydrogen-bond donors (Lipinski definition) is 1. The van der Waals surface area contributed by atoms with E-state index < -0.39 is 0 Å². The zero-order valence-electron chi connectivity index (χ0n) is 11.6. The van der Waals surface area contributed by atoms with Crippen molar-refractivity contribution >= 4 is 27.5 Å². The predicted molar refractivity (Wildman–Crippen MR) is 83.0 cm³/mol. The van der Waals surface area contributed by atoms with Gasteiger partial charge in [-0.25, -0.2) is 4.98 Å². The molecule has 20 heavy (non-hydrogen) atoms. The molecule has 0 saturated carbocycles. The van der Waals surface area contributed by atoms with Crippen LogP contribution < -0.4 is 10.1 Å². The van der Waals surface area contributed by atoms with Gasteiger partial charge in [0.25, 0.3) is 0 Å². The van der Waals surface area contributed by atoms with E-state index in [1.165, 1.54) is 11.1 Å². The maximum atomic E-state index is 5.97. The van der Waals surface area contributed by atoms with Crippen LogP contribution in [-0.2, 0) is 0 Å². The third kappa shape index (κ3) is 2.44. The quantitative estimate of drug-likeness (QED) is 0.785. The summed E-state index contributed by atoms with van der Waals surface area (Å²) in [5.41, 5.74) is 2.34. The highest BCUT2D eigenvalue weighted by molar-refractivity contribution is 7.16. The fourth-order valence-corrected chi connectivity index (χ4v) is 2.88. The molecule has 0 amide bonds. The van der Waals surface area contributed by atoms with Gasteiger partial charge in [-0.3, -0.25) is 0 Å². The normalized spacial score (nSPS) is 10.8. The monoisotopic (exact) mass is 285 g/mol. The lowest BCUT2D eigenvalue weighted by atomic mass is 10.1. The Morgan fingerprint density at radius 1 is 1.10 bits per heavy atom. The van der Waals surface area contributed by atoms with Crippen LogP contribution in [0.4, 0.5) is 5.95 Å². The maximum Gasteiger partial charge on any atom is 0.232 e. The minimum atomic E-state index is 0.569. The molecular formula is C15H15N3OS. The highest BCUT2D eigenvalue weighted by Gasteiger charge is 2.10. The van der Waals surface area contributed by atoms with E-state index >= 15 is 0 Å². The van der Waals surface area contributed by atoms with Gasteiger partial charge >= 0.3 is 0 Å². The Morgan fingerprint density at radius 3 is 2.55 bits per heavy atom. The van der Waals surface area contributed by atoms with Crippen molar-refractivity contribution in [1.29, 1.82) is 0 Å². The number of hydrogen-bond acceptors (Lipinski definition) is 5. The van der Waals surface area contributed by atoms with Gasteiger partial charge in [-0.05, 0) is 48.6 Å². The molecule has 0 aliphatic heterocycles. The van der Waals surface area contributed by atoms with Crippen molar-refractivity contribution in [2.75, 3.05) is 12.4 Å². The van der Waals surface area contributed by atoms with Gasteiger partial charge < -0.3 is 10.1 Å². The molecule has 5 heteroatoms. The Bertz CT molecular complexity index is 747. The second kappa shape index (κ2) is 5.09. The molecule has 0 atom stereocenters. The van der Waals surface area contributed by atoms with Gasteiger partial charge in [-0.15, -0.1) is 11.3 Å². The van der Waals surface area contributed by atoms with Crippen molar-refractivity contribution < 1.29 is 4.74 Å². The Balaban J connectivity index is 2.07. The van der Waals surface area contributed by atoms with E-state index in [-0.39, 0.29) is 0 Å². The predicted octanol–water partition coefficient (Wildman–Crippen LogP) is 4.14. The van der Waals surface area contributed by atoms with Crippen molar-refractivity contribution in [2.45, 2.75) is 13.8 Å². The van der Waals surface area contributed by atoms with Gasteiger partial charge in [0.1, 0.15) is 10.6 Å². The number of aryl methyl sites for hydroxylation is 2. The molecule has 2 aromatic heterocycles. The number of anilines is 1. The van der Waals surface area contributed by atoms with Gasteiger partial charge in [0.15, 0.2) is 0 Å². The van der Waals surface area contributed by atoms with Crippen LogP contribution in [0.5, 0.6) is 11.6 Å². The van der Waals surface area contributed by atoms with Crippen LogP contribution in [0.3, 0.4) is 0 Å². The van der Waals surface area contributed by atoms with E-state index in [1.807, 2.05) is 23.6 Å². The minimum absolute atomic E-state index is 0.569. The fourth-order valence-electron chi connectivity index (χ4n) is 2.12. The molecule has 1 aromatic carbocycles. The molecule has 3 rings (SSSR count). The van der Waals surface area contributed by atoms with Gasteiger partial charge in [0.05, 0.1) is 5.39 Å². The zero-order valence-corrected chi connectivity index (χ0v) is 12.4.